The maximum Gasteiger partial charge on any atom is 0.338 e. The van der Waals surface area contributed by atoms with E-state index in [0.29, 0.717) is 12.2 Å². The van der Waals surface area contributed by atoms with Crippen LogP contribution in [0.4, 0.5) is 5.69 Å². The lowest BCUT2D eigenvalue weighted by Gasteiger charge is -2.15. The monoisotopic (exact) mass is 408 g/mol. The molecule has 7 heteroatoms. The maximum absolute atomic E-state index is 12.6. The molecule has 1 aliphatic heterocycles. The number of ether oxygens (including phenoxy) is 1. The fraction of sp³-hybridized carbons (Fsp3) is 0.304. The van der Waals surface area contributed by atoms with Crippen LogP contribution in [-0.4, -0.2) is 41.2 Å². The summed E-state index contributed by atoms with van der Waals surface area (Å²) >= 11 is 0. The highest BCUT2D eigenvalue weighted by molar-refractivity contribution is 6.22. The van der Waals surface area contributed by atoms with E-state index in [1.54, 1.807) is 12.1 Å². The number of carbonyl (C=O) groups is 4. The molecule has 1 aliphatic rings. The number of imide groups is 1. The van der Waals surface area contributed by atoms with Gasteiger partial charge in [-0.1, -0.05) is 31.5 Å². The number of benzene rings is 2. The lowest BCUT2D eigenvalue weighted by molar-refractivity contribution is -0.123. The highest BCUT2D eigenvalue weighted by atomic mass is 16.5. The summed E-state index contributed by atoms with van der Waals surface area (Å²) in [5.74, 6) is -1.88. The lowest BCUT2D eigenvalue weighted by atomic mass is 10.1. The van der Waals surface area contributed by atoms with Crippen LogP contribution in [0.5, 0.6) is 0 Å². The normalized spacial score (nSPS) is 14.0. The van der Waals surface area contributed by atoms with E-state index in [1.807, 2.05) is 32.9 Å². The summed E-state index contributed by atoms with van der Waals surface area (Å²) in [5, 5.41) is 2.68. The van der Waals surface area contributed by atoms with E-state index >= 15 is 0 Å². The first-order valence-electron chi connectivity index (χ1n) is 9.76. The predicted octanol–water partition coefficient (Wildman–Crippen LogP) is 3.43. The second-order valence-corrected chi connectivity index (χ2v) is 7.78. The van der Waals surface area contributed by atoms with Gasteiger partial charge in [-0.3, -0.25) is 19.3 Å². The van der Waals surface area contributed by atoms with Gasteiger partial charge in [-0.2, -0.15) is 0 Å². The molecule has 0 aliphatic carbocycles. The van der Waals surface area contributed by atoms with Crippen LogP contribution in [0.25, 0.3) is 0 Å². The number of nitrogens with one attached hydrogen (secondary N) is 1. The number of hydrogen-bond donors (Lipinski definition) is 1. The Morgan fingerprint density at radius 2 is 1.60 bits per heavy atom. The van der Waals surface area contributed by atoms with E-state index < -0.39 is 23.9 Å². The second kappa shape index (κ2) is 8.49. The predicted molar refractivity (Wildman–Crippen MR) is 111 cm³/mol. The number of nitrogens with zero attached hydrogens (tertiary/aromatic N) is 1. The van der Waals surface area contributed by atoms with Crippen molar-refractivity contribution in [1.29, 1.82) is 0 Å². The molecule has 0 saturated carbocycles. The molecule has 0 radical (unpaired) electrons. The molecule has 30 heavy (non-hydrogen) atoms. The van der Waals surface area contributed by atoms with Crippen LogP contribution in [0.1, 0.15) is 57.4 Å². The Balaban J connectivity index is 1.69. The van der Waals surface area contributed by atoms with E-state index in [1.165, 1.54) is 30.0 Å². The van der Waals surface area contributed by atoms with E-state index in [9.17, 15) is 19.2 Å². The molecule has 3 rings (SSSR count). The van der Waals surface area contributed by atoms with Crippen LogP contribution in [-0.2, 0) is 9.53 Å². The molecule has 3 amide bonds. The van der Waals surface area contributed by atoms with Gasteiger partial charge in [0.25, 0.3) is 17.7 Å². The van der Waals surface area contributed by atoms with E-state index in [-0.39, 0.29) is 28.5 Å². The highest BCUT2D eigenvalue weighted by Gasteiger charge is 2.36. The van der Waals surface area contributed by atoms with Crippen molar-refractivity contribution in [2.24, 2.45) is 5.92 Å². The number of esters is 1. The number of amides is 3. The van der Waals surface area contributed by atoms with Crippen LogP contribution in [0, 0.1) is 12.8 Å². The van der Waals surface area contributed by atoms with Crippen molar-refractivity contribution in [1.82, 2.24) is 4.90 Å². The highest BCUT2D eigenvalue weighted by Crippen LogP contribution is 2.25. The number of fused-ring (bicyclic) bond motifs is 1. The van der Waals surface area contributed by atoms with Crippen LogP contribution in [0.2, 0.25) is 0 Å². The SMILES string of the molecule is Cc1ccc(NC(=O)[C@H](C)OC(=O)c2ccc3c(c2)C(=O)N(CC(C)C)C3=O)cc1. The Morgan fingerprint density at radius 3 is 2.23 bits per heavy atom. The second-order valence-electron chi connectivity index (χ2n) is 7.78. The van der Waals surface area contributed by atoms with Gasteiger partial charge in [0, 0.05) is 12.2 Å². The molecular formula is C23H24N2O5. The molecule has 1 heterocycles. The molecule has 0 unspecified atom stereocenters. The fourth-order valence-corrected chi connectivity index (χ4v) is 3.11. The Hall–Kier alpha value is -3.48. The topological polar surface area (TPSA) is 92.8 Å². The zero-order chi connectivity index (χ0) is 22.0. The third kappa shape index (κ3) is 4.40. The number of carbonyl (C=O) groups excluding carboxylic acids is 4. The van der Waals surface area contributed by atoms with Crippen molar-refractivity contribution in [2.45, 2.75) is 33.8 Å². The van der Waals surface area contributed by atoms with E-state index in [0.717, 1.165) is 5.56 Å². The van der Waals surface area contributed by atoms with Gasteiger partial charge < -0.3 is 10.1 Å². The van der Waals surface area contributed by atoms with Crippen molar-refractivity contribution in [3.05, 3.63) is 64.7 Å². The van der Waals surface area contributed by atoms with Crippen molar-refractivity contribution >= 4 is 29.4 Å². The minimum atomic E-state index is -1.04. The third-order valence-electron chi connectivity index (χ3n) is 4.73. The van der Waals surface area contributed by atoms with Crippen LogP contribution < -0.4 is 5.32 Å². The molecule has 2 aromatic carbocycles. The zero-order valence-corrected chi connectivity index (χ0v) is 17.4. The van der Waals surface area contributed by atoms with Crippen LogP contribution in [0.3, 0.4) is 0 Å². The molecular weight excluding hydrogens is 384 g/mol. The average Bonchev–Trinajstić information content (AvgIpc) is 2.93. The van der Waals surface area contributed by atoms with E-state index in [2.05, 4.69) is 5.32 Å². The summed E-state index contributed by atoms with van der Waals surface area (Å²) in [4.78, 5) is 51.0. The first-order chi connectivity index (χ1) is 14.2. The average molecular weight is 408 g/mol. The molecule has 0 aromatic heterocycles. The summed E-state index contributed by atoms with van der Waals surface area (Å²) in [6.45, 7) is 7.54. The van der Waals surface area contributed by atoms with Gasteiger partial charge in [-0.25, -0.2) is 4.79 Å². The summed E-state index contributed by atoms with van der Waals surface area (Å²) in [5.41, 5.74) is 2.20. The summed E-state index contributed by atoms with van der Waals surface area (Å²) < 4.78 is 5.25. The van der Waals surface area contributed by atoms with Crippen molar-refractivity contribution in [3.8, 4) is 0 Å². The molecule has 7 nitrogen and oxygen atoms in total. The van der Waals surface area contributed by atoms with E-state index in [4.69, 9.17) is 4.74 Å². The van der Waals surface area contributed by atoms with Gasteiger partial charge in [-0.05, 0) is 50.1 Å². The molecule has 0 spiro atoms. The summed E-state index contributed by atoms with van der Waals surface area (Å²) in [7, 11) is 0. The minimum Gasteiger partial charge on any atom is -0.449 e. The largest absolute Gasteiger partial charge is 0.449 e. The third-order valence-corrected chi connectivity index (χ3v) is 4.73. The minimum absolute atomic E-state index is 0.108. The standard InChI is InChI=1S/C23H24N2O5/c1-13(2)12-25-21(27)18-10-7-16(11-19(18)22(25)28)23(29)30-15(4)20(26)24-17-8-5-14(3)6-9-17/h5-11,13,15H,12H2,1-4H3,(H,24,26)/t15-/m0/s1. The van der Waals surface area contributed by atoms with Crippen molar-refractivity contribution in [3.63, 3.8) is 0 Å². The van der Waals surface area contributed by atoms with Crippen molar-refractivity contribution < 1.29 is 23.9 Å². The smallest absolute Gasteiger partial charge is 0.338 e. The molecule has 156 valence electrons. The Kier molecular flexibility index (Phi) is 6.01. The molecule has 0 saturated heterocycles. The first kappa shape index (κ1) is 21.2. The fourth-order valence-electron chi connectivity index (χ4n) is 3.11. The van der Waals surface area contributed by atoms with Gasteiger partial charge in [0.1, 0.15) is 0 Å². The summed E-state index contributed by atoms with van der Waals surface area (Å²) in [6, 6.07) is 11.5. The number of hydrogen-bond acceptors (Lipinski definition) is 5. The van der Waals surface area contributed by atoms with Gasteiger partial charge >= 0.3 is 5.97 Å². The number of rotatable bonds is 6. The Bertz CT molecular complexity index is 1010. The van der Waals surface area contributed by atoms with Gasteiger partial charge in [0.05, 0.1) is 16.7 Å². The molecule has 0 bridgehead atoms. The van der Waals surface area contributed by atoms with Crippen LogP contribution in [0.15, 0.2) is 42.5 Å². The molecule has 1 atom stereocenters. The first-order valence-corrected chi connectivity index (χ1v) is 9.76. The quantitative estimate of drug-likeness (QED) is 0.584. The van der Waals surface area contributed by atoms with Gasteiger partial charge in [0.15, 0.2) is 6.10 Å². The van der Waals surface area contributed by atoms with Crippen molar-refractivity contribution in [2.75, 3.05) is 11.9 Å². The van der Waals surface area contributed by atoms with Crippen LogP contribution >= 0.6 is 0 Å². The summed E-state index contributed by atoms with van der Waals surface area (Å²) in [6.07, 6.45) is -1.04. The number of anilines is 1. The maximum atomic E-state index is 12.6. The van der Waals surface area contributed by atoms with Gasteiger partial charge in [0.2, 0.25) is 0 Å². The molecule has 0 fully saturated rings. The Morgan fingerprint density at radius 1 is 0.967 bits per heavy atom. The molecule has 1 N–H and O–H groups in total. The Labute approximate surface area is 175 Å². The lowest BCUT2D eigenvalue weighted by Crippen LogP contribution is -2.33. The molecule has 2 aromatic rings. The number of aryl methyl sites for hydroxylation is 1. The van der Waals surface area contributed by atoms with Gasteiger partial charge in [-0.15, -0.1) is 0 Å². The zero-order valence-electron chi connectivity index (χ0n) is 17.4.